The van der Waals surface area contributed by atoms with Crippen molar-refractivity contribution >= 4 is 5.97 Å². The van der Waals surface area contributed by atoms with Crippen LogP contribution in [-0.2, 0) is 23.7 Å². The van der Waals surface area contributed by atoms with Crippen LogP contribution < -0.4 is 0 Å². The summed E-state index contributed by atoms with van der Waals surface area (Å²) in [5.74, 6) is -0.267. The summed E-state index contributed by atoms with van der Waals surface area (Å²) in [4.78, 5) is 14.1. The normalized spacial score (nSPS) is 21.7. The molecule has 1 heterocycles. The predicted molar refractivity (Wildman–Crippen MR) is 150 cm³/mol. The Morgan fingerprint density at radius 1 is 0.730 bits per heavy atom. The van der Waals surface area contributed by atoms with Crippen LogP contribution in [0.3, 0.4) is 0 Å². The molecule has 0 aromatic heterocycles. The summed E-state index contributed by atoms with van der Waals surface area (Å²) >= 11 is 0. The Labute approximate surface area is 227 Å². The van der Waals surface area contributed by atoms with E-state index in [9.17, 15) is 9.90 Å². The van der Waals surface area contributed by atoms with Gasteiger partial charge in [-0.15, -0.1) is 0 Å². The molecular weight excluding hydrogens is 470 g/mol. The number of unbranched alkanes of at least 4 members (excludes halogenated alkanes) is 14. The lowest BCUT2D eigenvalue weighted by Gasteiger charge is -2.24. The first-order valence-corrected chi connectivity index (χ1v) is 15.4. The molecule has 1 rings (SSSR count). The van der Waals surface area contributed by atoms with E-state index in [4.69, 9.17) is 18.9 Å². The summed E-state index contributed by atoms with van der Waals surface area (Å²) in [6.07, 6.45) is 17.5. The number of nitrogens with zero attached hydrogens (tertiary/aromatic N) is 1. The number of esters is 1. The van der Waals surface area contributed by atoms with E-state index < -0.39 is 24.6 Å². The highest BCUT2D eigenvalue weighted by atomic mass is 16.7. The van der Waals surface area contributed by atoms with Crippen molar-refractivity contribution in [2.24, 2.45) is 0 Å². The molecule has 0 amide bonds. The van der Waals surface area contributed by atoms with Crippen molar-refractivity contribution in [3.05, 3.63) is 0 Å². The fourth-order valence-corrected chi connectivity index (χ4v) is 4.69. The van der Waals surface area contributed by atoms with Crippen molar-refractivity contribution in [1.29, 1.82) is 0 Å². The van der Waals surface area contributed by atoms with Gasteiger partial charge in [0.25, 0.3) is 0 Å². The van der Waals surface area contributed by atoms with Gasteiger partial charge in [-0.2, -0.15) is 0 Å². The lowest BCUT2D eigenvalue weighted by atomic mass is 10.1. The van der Waals surface area contributed by atoms with Gasteiger partial charge in [-0.25, -0.2) is 0 Å². The lowest BCUT2D eigenvalue weighted by Crippen LogP contribution is -2.40. The molecule has 0 spiro atoms. The maximum Gasteiger partial charge on any atom is 0.307 e. The number of ether oxygens (including phenoxy) is 4. The van der Waals surface area contributed by atoms with Gasteiger partial charge in [0, 0.05) is 19.8 Å². The van der Waals surface area contributed by atoms with Crippen molar-refractivity contribution in [2.75, 3.05) is 40.5 Å². The van der Waals surface area contributed by atoms with E-state index in [0.717, 1.165) is 25.7 Å². The monoisotopic (exact) mass is 529 g/mol. The maximum absolute atomic E-state index is 12.1. The first-order valence-electron chi connectivity index (χ1n) is 15.4. The zero-order chi connectivity index (χ0) is 27.1. The van der Waals surface area contributed by atoms with Crippen LogP contribution in [0, 0.1) is 0 Å². The van der Waals surface area contributed by atoms with Crippen LogP contribution in [0.5, 0.6) is 0 Å². The topological polar surface area (TPSA) is 77.5 Å². The van der Waals surface area contributed by atoms with Crippen molar-refractivity contribution in [3.8, 4) is 0 Å². The molecule has 0 aromatic rings. The summed E-state index contributed by atoms with van der Waals surface area (Å²) in [7, 11) is 3.85. The van der Waals surface area contributed by atoms with Crippen LogP contribution in [-0.4, -0.2) is 81.0 Å². The molecule has 4 atom stereocenters. The smallest absolute Gasteiger partial charge is 0.307 e. The Hall–Kier alpha value is -0.730. The molecule has 0 radical (unpaired) electrons. The fraction of sp³-hybridized carbons (Fsp3) is 0.967. The van der Waals surface area contributed by atoms with Gasteiger partial charge >= 0.3 is 5.97 Å². The number of aliphatic hydroxyl groups excluding tert-OH is 1. The molecule has 0 aromatic carbocycles. The quantitative estimate of drug-likeness (QED) is 0.111. The molecule has 7 nitrogen and oxygen atoms in total. The standard InChI is InChI=1S/C30H59NO6/c1-5-7-9-11-13-15-17-19-23-34-28-26(25-36-27(32)21-22-31(3)4)37-30(33)29(28)35-24-20-18-16-14-12-10-8-6-2/h26,28-30,33H,5-25H2,1-4H3/t26-,28+,29?,30-/m1/s1. The van der Waals surface area contributed by atoms with Crippen LogP contribution in [0.1, 0.15) is 123 Å². The largest absolute Gasteiger partial charge is 0.463 e. The van der Waals surface area contributed by atoms with Gasteiger partial charge in [0.1, 0.15) is 24.9 Å². The molecule has 0 saturated carbocycles. The summed E-state index contributed by atoms with van der Waals surface area (Å²) in [6.45, 7) is 6.36. The van der Waals surface area contributed by atoms with E-state index >= 15 is 0 Å². The van der Waals surface area contributed by atoms with Gasteiger partial charge in [-0.1, -0.05) is 104 Å². The predicted octanol–water partition coefficient (Wildman–Crippen LogP) is 6.25. The summed E-state index contributed by atoms with van der Waals surface area (Å²) in [6, 6.07) is 0. The van der Waals surface area contributed by atoms with E-state index in [2.05, 4.69) is 13.8 Å². The third-order valence-corrected chi connectivity index (χ3v) is 7.07. The number of aliphatic hydroxyl groups is 1. The minimum absolute atomic E-state index is 0.0725. The Morgan fingerprint density at radius 3 is 1.68 bits per heavy atom. The average molecular weight is 530 g/mol. The molecule has 1 fully saturated rings. The molecule has 1 unspecified atom stereocenters. The maximum atomic E-state index is 12.1. The highest BCUT2D eigenvalue weighted by molar-refractivity contribution is 5.69. The van der Waals surface area contributed by atoms with Crippen molar-refractivity contribution < 1.29 is 28.8 Å². The Bertz CT molecular complexity index is 532. The Kier molecular flexibility index (Phi) is 21.5. The molecule has 220 valence electrons. The second-order valence-electron chi connectivity index (χ2n) is 10.9. The van der Waals surface area contributed by atoms with Crippen LogP contribution in [0.2, 0.25) is 0 Å². The Morgan fingerprint density at radius 2 is 1.19 bits per heavy atom. The zero-order valence-electron chi connectivity index (χ0n) is 24.6. The van der Waals surface area contributed by atoms with E-state index in [1.165, 1.54) is 77.0 Å². The number of hydrogen-bond acceptors (Lipinski definition) is 7. The summed E-state index contributed by atoms with van der Waals surface area (Å²) < 4.78 is 23.5. The number of carbonyl (C=O) groups excluding carboxylic acids is 1. The van der Waals surface area contributed by atoms with Crippen LogP contribution in [0.4, 0.5) is 0 Å². The van der Waals surface area contributed by atoms with Crippen LogP contribution in [0.15, 0.2) is 0 Å². The van der Waals surface area contributed by atoms with Gasteiger partial charge in [-0.3, -0.25) is 4.79 Å². The van der Waals surface area contributed by atoms with E-state index in [-0.39, 0.29) is 12.6 Å². The highest BCUT2D eigenvalue weighted by Crippen LogP contribution is 2.27. The van der Waals surface area contributed by atoms with Gasteiger partial charge in [-0.05, 0) is 26.9 Å². The van der Waals surface area contributed by atoms with Crippen LogP contribution in [0.25, 0.3) is 0 Å². The zero-order valence-corrected chi connectivity index (χ0v) is 24.6. The molecule has 1 aliphatic rings. The highest BCUT2D eigenvalue weighted by Gasteiger charge is 2.46. The SMILES string of the molecule is CCCCCCCCCCOC1[C@H](O)O[C@H](COC(=O)CCN(C)C)[C@@H]1OCCCCCCCCCC. The van der Waals surface area contributed by atoms with E-state index in [1.54, 1.807) is 0 Å². The summed E-state index contributed by atoms with van der Waals surface area (Å²) in [5, 5.41) is 10.6. The third kappa shape index (κ3) is 17.5. The molecule has 0 aliphatic carbocycles. The first-order chi connectivity index (χ1) is 18.0. The fourth-order valence-electron chi connectivity index (χ4n) is 4.69. The number of hydrogen-bond donors (Lipinski definition) is 1. The molecule has 7 heteroatoms. The lowest BCUT2D eigenvalue weighted by molar-refractivity contribution is -0.161. The molecule has 1 aliphatic heterocycles. The van der Waals surface area contributed by atoms with Crippen molar-refractivity contribution in [1.82, 2.24) is 4.90 Å². The second kappa shape index (κ2) is 23.2. The second-order valence-corrected chi connectivity index (χ2v) is 10.9. The van der Waals surface area contributed by atoms with Gasteiger partial charge in [0.05, 0.1) is 6.42 Å². The Balaban J connectivity index is 2.42. The third-order valence-electron chi connectivity index (χ3n) is 7.07. The minimum atomic E-state index is -1.07. The molecule has 37 heavy (non-hydrogen) atoms. The van der Waals surface area contributed by atoms with Crippen LogP contribution >= 0.6 is 0 Å². The van der Waals surface area contributed by atoms with E-state index in [1.807, 2.05) is 19.0 Å². The number of rotatable bonds is 25. The average Bonchev–Trinajstić information content (AvgIpc) is 3.18. The minimum Gasteiger partial charge on any atom is -0.463 e. The number of carbonyl (C=O) groups is 1. The molecule has 1 saturated heterocycles. The van der Waals surface area contributed by atoms with Crippen molar-refractivity contribution in [3.63, 3.8) is 0 Å². The van der Waals surface area contributed by atoms with Gasteiger partial charge in [0.2, 0.25) is 0 Å². The molecule has 0 bridgehead atoms. The van der Waals surface area contributed by atoms with Gasteiger partial charge < -0.3 is 29.0 Å². The van der Waals surface area contributed by atoms with E-state index in [0.29, 0.717) is 26.2 Å². The molecule has 1 N–H and O–H groups in total. The first kappa shape index (κ1) is 34.3. The van der Waals surface area contributed by atoms with Gasteiger partial charge in [0.15, 0.2) is 6.29 Å². The molecular formula is C30H59NO6. The summed E-state index contributed by atoms with van der Waals surface area (Å²) in [5.41, 5.74) is 0. The van der Waals surface area contributed by atoms with Crippen molar-refractivity contribution in [2.45, 2.75) is 148 Å².